The van der Waals surface area contributed by atoms with Crippen molar-refractivity contribution in [2.75, 3.05) is 24.5 Å². The van der Waals surface area contributed by atoms with Gasteiger partial charge >= 0.3 is 0 Å². The second kappa shape index (κ2) is 6.52. The van der Waals surface area contributed by atoms with Crippen molar-refractivity contribution in [2.24, 2.45) is 7.05 Å². The third-order valence-corrected chi connectivity index (χ3v) is 4.26. The van der Waals surface area contributed by atoms with Crippen LogP contribution < -0.4 is 4.90 Å². The number of nitrogens with zero attached hydrogens (tertiary/aromatic N) is 5. The average molecular weight is 337 g/mol. The minimum atomic E-state index is 0.0713. The average Bonchev–Trinajstić information content (AvgIpc) is 3.25. The van der Waals surface area contributed by atoms with Crippen LogP contribution in [0.4, 0.5) is 5.69 Å². The lowest BCUT2D eigenvalue weighted by atomic mass is 10.2. The van der Waals surface area contributed by atoms with Crippen LogP contribution in [0.5, 0.6) is 0 Å². The number of oxazole rings is 1. The number of carbonyl (C=O) groups is 1. The van der Waals surface area contributed by atoms with Crippen molar-refractivity contribution in [3.05, 3.63) is 54.7 Å². The minimum Gasteiger partial charge on any atom is -0.440 e. The van der Waals surface area contributed by atoms with Crippen LogP contribution in [-0.2, 0) is 18.4 Å². The fraction of sp³-hybridized carbons (Fsp3) is 0.278. The molecule has 0 N–H and O–H groups in total. The first-order valence-electron chi connectivity index (χ1n) is 8.20. The normalized spacial score (nSPS) is 15.7. The molecule has 0 radical (unpaired) electrons. The first-order chi connectivity index (χ1) is 12.2. The molecule has 2 aromatic heterocycles. The molecule has 1 aliphatic rings. The predicted molar refractivity (Wildman–Crippen MR) is 92.8 cm³/mol. The molecule has 4 rings (SSSR count). The topological polar surface area (TPSA) is 67.4 Å². The number of carbonyl (C=O) groups excluding carboxylic acids is 1. The van der Waals surface area contributed by atoms with E-state index in [2.05, 4.69) is 15.0 Å². The maximum absolute atomic E-state index is 12.4. The number of hydrogen-bond donors (Lipinski definition) is 0. The molecule has 0 aliphatic carbocycles. The van der Waals surface area contributed by atoms with Gasteiger partial charge in [-0.3, -0.25) is 14.4 Å². The van der Waals surface area contributed by atoms with Crippen molar-refractivity contribution in [2.45, 2.75) is 6.54 Å². The molecule has 0 saturated carbocycles. The fourth-order valence-corrected chi connectivity index (χ4v) is 2.99. The summed E-state index contributed by atoms with van der Waals surface area (Å²) in [5.41, 5.74) is 1.80. The van der Waals surface area contributed by atoms with Crippen molar-refractivity contribution in [1.82, 2.24) is 19.7 Å². The molecule has 25 heavy (non-hydrogen) atoms. The summed E-state index contributed by atoms with van der Waals surface area (Å²) in [6.45, 7) is 2.36. The van der Waals surface area contributed by atoms with Gasteiger partial charge in [-0.2, -0.15) is 5.10 Å². The molecule has 0 unspecified atom stereocenters. The lowest BCUT2D eigenvalue weighted by molar-refractivity contribution is -0.121. The number of anilines is 1. The van der Waals surface area contributed by atoms with Crippen LogP contribution in [0.15, 0.2) is 53.3 Å². The van der Waals surface area contributed by atoms with Crippen molar-refractivity contribution < 1.29 is 9.21 Å². The van der Waals surface area contributed by atoms with Gasteiger partial charge < -0.3 is 9.32 Å². The Morgan fingerprint density at radius 1 is 1.16 bits per heavy atom. The van der Waals surface area contributed by atoms with E-state index in [1.165, 1.54) is 0 Å². The summed E-state index contributed by atoms with van der Waals surface area (Å²) in [6.07, 6.45) is 5.31. The molecule has 7 heteroatoms. The van der Waals surface area contributed by atoms with Gasteiger partial charge in [0.15, 0.2) is 0 Å². The van der Waals surface area contributed by atoms with Crippen molar-refractivity contribution in [3.63, 3.8) is 0 Å². The zero-order chi connectivity index (χ0) is 17.2. The first-order valence-corrected chi connectivity index (χ1v) is 8.20. The summed E-state index contributed by atoms with van der Waals surface area (Å²) < 4.78 is 7.53. The van der Waals surface area contributed by atoms with E-state index in [1.807, 2.05) is 43.6 Å². The van der Waals surface area contributed by atoms with E-state index in [4.69, 9.17) is 4.42 Å². The molecule has 1 aliphatic heterocycles. The van der Waals surface area contributed by atoms with Gasteiger partial charge in [-0.15, -0.1) is 0 Å². The second-order valence-corrected chi connectivity index (χ2v) is 6.13. The third kappa shape index (κ3) is 3.32. The van der Waals surface area contributed by atoms with Gasteiger partial charge in [-0.05, 0) is 12.1 Å². The number of amides is 1. The van der Waals surface area contributed by atoms with Crippen LogP contribution in [0.1, 0.15) is 5.76 Å². The SMILES string of the molecule is Cn1cc(N2CCN(Cc3cnc(-c4ccccc4)o3)CC2=O)cn1. The van der Waals surface area contributed by atoms with Crippen LogP contribution in [-0.4, -0.2) is 45.2 Å². The first kappa shape index (κ1) is 15.6. The van der Waals surface area contributed by atoms with E-state index >= 15 is 0 Å². The summed E-state index contributed by atoms with van der Waals surface area (Å²) in [6, 6.07) is 9.80. The summed E-state index contributed by atoms with van der Waals surface area (Å²) in [7, 11) is 1.85. The lowest BCUT2D eigenvalue weighted by Crippen LogP contribution is -2.50. The van der Waals surface area contributed by atoms with Crippen LogP contribution in [0, 0.1) is 0 Å². The standard InChI is InChI=1S/C18H19N5O2/c1-21-11-15(9-20-21)23-8-7-22(13-17(23)24)12-16-10-19-18(25-16)14-5-3-2-4-6-14/h2-6,9-11H,7-8,12-13H2,1H3. The van der Waals surface area contributed by atoms with Crippen LogP contribution in [0.3, 0.4) is 0 Å². The van der Waals surface area contributed by atoms with E-state index in [0.29, 0.717) is 25.5 Å². The molecule has 1 fully saturated rings. The Morgan fingerprint density at radius 2 is 2.00 bits per heavy atom. The molecule has 1 saturated heterocycles. The Bertz CT molecular complexity index is 870. The van der Waals surface area contributed by atoms with E-state index in [1.54, 1.807) is 22.0 Å². The molecule has 3 heterocycles. The molecular weight excluding hydrogens is 318 g/mol. The zero-order valence-electron chi connectivity index (χ0n) is 14.0. The number of rotatable bonds is 4. The molecule has 128 valence electrons. The Kier molecular flexibility index (Phi) is 4.07. The van der Waals surface area contributed by atoms with Crippen LogP contribution >= 0.6 is 0 Å². The predicted octanol–water partition coefficient (Wildman–Crippen LogP) is 1.92. The third-order valence-electron chi connectivity index (χ3n) is 4.26. The smallest absolute Gasteiger partial charge is 0.241 e. The highest BCUT2D eigenvalue weighted by atomic mass is 16.4. The summed E-state index contributed by atoms with van der Waals surface area (Å²) in [4.78, 5) is 20.6. The van der Waals surface area contributed by atoms with E-state index < -0.39 is 0 Å². The van der Waals surface area contributed by atoms with Crippen LogP contribution in [0.2, 0.25) is 0 Å². The largest absolute Gasteiger partial charge is 0.440 e. The van der Waals surface area contributed by atoms with Crippen molar-refractivity contribution >= 4 is 11.6 Å². The highest BCUT2D eigenvalue weighted by Gasteiger charge is 2.26. The van der Waals surface area contributed by atoms with Crippen molar-refractivity contribution in [3.8, 4) is 11.5 Å². The van der Waals surface area contributed by atoms with Gasteiger partial charge in [-0.1, -0.05) is 18.2 Å². The Labute approximate surface area is 145 Å². The molecule has 7 nitrogen and oxygen atoms in total. The number of benzene rings is 1. The highest BCUT2D eigenvalue weighted by Crippen LogP contribution is 2.21. The van der Waals surface area contributed by atoms with Crippen molar-refractivity contribution in [1.29, 1.82) is 0 Å². The molecular formula is C18H19N5O2. The van der Waals surface area contributed by atoms with Gasteiger partial charge in [-0.25, -0.2) is 4.98 Å². The van der Waals surface area contributed by atoms with Gasteiger partial charge in [0.2, 0.25) is 11.8 Å². The molecule has 1 aromatic carbocycles. The lowest BCUT2D eigenvalue weighted by Gasteiger charge is -2.32. The zero-order valence-corrected chi connectivity index (χ0v) is 14.0. The van der Waals surface area contributed by atoms with Gasteiger partial charge in [0.25, 0.3) is 0 Å². The van der Waals surface area contributed by atoms with Crippen LogP contribution in [0.25, 0.3) is 11.5 Å². The molecule has 3 aromatic rings. The second-order valence-electron chi connectivity index (χ2n) is 6.13. The van der Waals surface area contributed by atoms with Gasteiger partial charge in [0, 0.05) is 31.9 Å². The maximum Gasteiger partial charge on any atom is 0.241 e. The Hall–Kier alpha value is -2.93. The highest BCUT2D eigenvalue weighted by molar-refractivity contribution is 5.95. The number of hydrogen-bond acceptors (Lipinski definition) is 5. The summed E-state index contributed by atoms with van der Waals surface area (Å²) in [5, 5.41) is 4.13. The number of piperazine rings is 1. The van der Waals surface area contributed by atoms with E-state index in [-0.39, 0.29) is 5.91 Å². The minimum absolute atomic E-state index is 0.0713. The van der Waals surface area contributed by atoms with E-state index in [0.717, 1.165) is 23.6 Å². The monoisotopic (exact) mass is 337 g/mol. The van der Waals surface area contributed by atoms with E-state index in [9.17, 15) is 4.79 Å². The molecule has 1 amide bonds. The molecule has 0 bridgehead atoms. The quantitative estimate of drug-likeness (QED) is 0.728. The fourth-order valence-electron chi connectivity index (χ4n) is 2.99. The maximum atomic E-state index is 12.4. The van der Waals surface area contributed by atoms with Gasteiger partial charge in [0.05, 0.1) is 31.2 Å². The molecule has 0 atom stereocenters. The van der Waals surface area contributed by atoms with Gasteiger partial charge in [0.1, 0.15) is 5.76 Å². The number of aromatic nitrogens is 3. The molecule has 0 spiro atoms. The Balaban J connectivity index is 1.40. The summed E-state index contributed by atoms with van der Waals surface area (Å²) in [5.74, 6) is 1.44. The summed E-state index contributed by atoms with van der Waals surface area (Å²) >= 11 is 0. The Morgan fingerprint density at radius 3 is 2.72 bits per heavy atom. The number of aryl methyl sites for hydroxylation is 1.